The molecule has 0 bridgehead atoms. The van der Waals surface area contributed by atoms with E-state index in [1.807, 2.05) is 67.7 Å². The van der Waals surface area contributed by atoms with Crippen molar-refractivity contribution in [2.75, 3.05) is 56.1 Å². The van der Waals surface area contributed by atoms with Crippen LogP contribution in [0, 0.1) is 29.6 Å². The van der Waals surface area contributed by atoms with Gasteiger partial charge < -0.3 is 67.4 Å². The average Bonchev–Trinajstić information content (AvgIpc) is 3.73. The molecule has 4 fully saturated rings. The van der Waals surface area contributed by atoms with Gasteiger partial charge in [0.1, 0.15) is 29.5 Å². The van der Waals surface area contributed by atoms with Crippen molar-refractivity contribution in [2.45, 2.75) is 185 Å². The van der Waals surface area contributed by atoms with Crippen molar-refractivity contribution in [2.24, 2.45) is 29.6 Å². The minimum Gasteiger partial charge on any atom is -0.462 e. The van der Waals surface area contributed by atoms with Gasteiger partial charge >= 0.3 is 17.9 Å². The van der Waals surface area contributed by atoms with Gasteiger partial charge in [0.2, 0.25) is 0 Å². The lowest BCUT2D eigenvalue weighted by atomic mass is 9.74. The lowest BCUT2D eigenvalue weighted by Gasteiger charge is -2.50. The highest BCUT2D eigenvalue weighted by Gasteiger charge is 2.70. The van der Waals surface area contributed by atoms with E-state index < -0.39 is 126 Å². The number of hydrogen-bond acceptors (Lipinski definition) is 17. The normalized spacial score (nSPS) is 45.8. The van der Waals surface area contributed by atoms with Gasteiger partial charge in [0.15, 0.2) is 18.7 Å². The maximum atomic E-state index is 14.5. The number of carbonyl (C=O) groups excluding carboxylic acids is 3. The Labute approximate surface area is 370 Å². The number of methoxy groups -OCH3 is 3. The van der Waals surface area contributed by atoms with Crippen LogP contribution in [-0.4, -0.2) is 184 Å². The number of hydrogen-bond donors (Lipinski definition) is 2. The van der Waals surface area contributed by atoms with Crippen molar-refractivity contribution in [1.29, 1.82) is 0 Å². The molecule has 17 heteroatoms. The molecular formula is C45H80N2O15. The Morgan fingerprint density at radius 2 is 1.44 bits per heavy atom. The molecule has 0 amide bonds. The predicted octanol–water partition coefficient (Wildman–Crippen LogP) is 3.18. The molecule has 4 rings (SSSR count). The van der Waals surface area contributed by atoms with Gasteiger partial charge in [-0.15, -0.1) is 0 Å². The standard InChI is InChI=1S/C45H80N2O15/c1-23-21-43(9,54-16)38(62-42-36(53-15)31(47(13)14)20-24(2)56-42)26(4)35(60-33-22-44(10,55-17)40(29(7)57-33)58-30(8)48)27(5)41(51)61-39-28(6)45(39,52)37(50)25(3)34(23)59-32(49)18-19-46(11)12/h23-29,31,33-40,42,50,52H,18-22H2,1-17H3/t23-,24-,25+,26+,27-,28?,29+,31+,33+,34+,35+,36-,37-,38-,39-,40+,42+,43+,44-,45+/m1/s1. The topological polar surface area (TPSA) is 190 Å². The highest BCUT2D eigenvalue weighted by molar-refractivity contribution is 5.73. The van der Waals surface area contributed by atoms with E-state index in [4.69, 9.17) is 47.4 Å². The van der Waals surface area contributed by atoms with Crippen LogP contribution in [-0.2, 0) is 61.8 Å². The third-order valence-corrected chi connectivity index (χ3v) is 14.3. The Morgan fingerprint density at radius 1 is 0.823 bits per heavy atom. The SMILES string of the molecule is CO[C@H]1[C@H](O[C@@H]2[C@@H](C)[C@H](O[C@H]3C[C@@](C)(OC)[C@@H](OC(C)=O)[C@H](C)O3)[C@@H](C)C(=O)O[C@@H]3C(C)[C@]3(O)[C@H](O)[C@@H](C)[C@@H](OC(=O)CCN(C)C)[C@H](C)C[C@]2(C)OC)O[C@H](C)C[C@@H]1N(C)C. The molecule has 2 N–H and O–H groups in total. The fraction of sp³-hybridized carbons (Fsp3) is 0.933. The molecule has 20 atom stereocenters. The molecule has 1 unspecified atom stereocenters. The lowest BCUT2D eigenvalue weighted by molar-refractivity contribution is -0.322. The van der Waals surface area contributed by atoms with E-state index >= 15 is 0 Å². The van der Waals surface area contributed by atoms with E-state index in [2.05, 4.69) is 4.90 Å². The fourth-order valence-electron chi connectivity index (χ4n) is 10.4. The van der Waals surface area contributed by atoms with E-state index in [1.165, 1.54) is 14.0 Å². The number of likely N-dealkylation sites (N-methyl/N-ethyl adjacent to an activating group) is 1. The zero-order valence-corrected chi connectivity index (χ0v) is 40.4. The van der Waals surface area contributed by atoms with Gasteiger partial charge in [-0.2, -0.15) is 0 Å². The number of ether oxygens (including phenoxy) is 10. The van der Waals surface area contributed by atoms with Crippen molar-refractivity contribution in [3.05, 3.63) is 0 Å². The summed E-state index contributed by atoms with van der Waals surface area (Å²) in [6.45, 7) is 18.2. The predicted molar refractivity (Wildman–Crippen MR) is 227 cm³/mol. The molecule has 0 radical (unpaired) electrons. The molecule has 3 saturated heterocycles. The zero-order valence-electron chi connectivity index (χ0n) is 40.4. The summed E-state index contributed by atoms with van der Waals surface area (Å²) in [5.74, 6) is -5.21. The van der Waals surface area contributed by atoms with Gasteiger partial charge in [-0.05, 0) is 81.6 Å². The number of carbonyl (C=O) groups is 3. The summed E-state index contributed by atoms with van der Waals surface area (Å²) in [5, 5.41) is 24.0. The zero-order chi connectivity index (χ0) is 46.8. The van der Waals surface area contributed by atoms with Crippen molar-refractivity contribution in [1.82, 2.24) is 9.80 Å². The smallest absolute Gasteiger partial charge is 0.311 e. The van der Waals surface area contributed by atoms with Crippen molar-refractivity contribution >= 4 is 17.9 Å². The molecule has 1 saturated carbocycles. The maximum absolute atomic E-state index is 14.5. The number of aliphatic hydroxyl groups excluding tert-OH is 1. The molecule has 1 aliphatic carbocycles. The summed E-state index contributed by atoms with van der Waals surface area (Å²) in [4.78, 5) is 44.1. The van der Waals surface area contributed by atoms with Crippen LogP contribution in [0.15, 0.2) is 0 Å². The molecule has 4 aliphatic rings. The second-order valence-corrected chi connectivity index (χ2v) is 19.7. The monoisotopic (exact) mass is 889 g/mol. The fourth-order valence-corrected chi connectivity index (χ4v) is 10.4. The van der Waals surface area contributed by atoms with Crippen LogP contribution < -0.4 is 0 Å². The minimum atomic E-state index is -1.81. The summed E-state index contributed by atoms with van der Waals surface area (Å²) in [5.41, 5.74) is -4.05. The maximum Gasteiger partial charge on any atom is 0.311 e. The Balaban J connectivity index is 1.88. The summed E-state index contributed by atoms with van der Waals surface area (Å²) in [6, 6.07) is -0.0715. The van der Waals surface area contributed by atoms with Gasteiger partial charge in [-0.1, -0.05) is 27.7 Å². The van der Waals surface area contributed by atoms with Crippen LogP contribution in [0.5, 0.6) is 0 Å². The largest absolute Gasteiger partial charge is 0.462 e. The molecule has 0 aromatic rings. The molecule has 3 heterocycles. The first-order valence-corrected chi connectivity index (χ1v) is 22.3. The van der Waals surface area contributed by atoms with E-state index in [-0.39, 0.29) is 31.4 Å². The van der Waals surface area contributed by atoms with Gasteiger partial charge in [0.05, 0.1) is 48.5 Å². The summed E-state index contributed by atoms with van der Waals surface area (Å²) < 4.78 is 63.7. The van der Waals surface area contributed by atoms with E-state index in [0.717, 1.165) is 0 Å². The third-order valence-electron chi connectivity index (χ3n) is 14.3. The number of rotatable bonds is 13. The Morgan fingerprint density at radius 3 is 1.98 bits per heavy atom. The number of fused-ring (bicyclic) bond motifs is 1. The van der Waals surface area contributed by atoms with Gasteiger partial charge in [0, 0.05) is 65.0 Å². The Kier molecular flexibility index (Phi) is 17.9. The first-order chi connectivity index (χ1) is 28.8. The average molecular weight is 889 g/mol. The van der Waals surface area contributed by atoms with E-state index in [9.17, 15) is 24.6 Å². The summed E-state index contributed by atoms with van der Waals surface area (Å²) in [6.07, 6.45) is -8.16. The second-order valence-electron chi connectivity index (χ2n) is 19.7. The van der Waals surface area contributed by atoms with Gasteiger partial charge in [0.25, 0.3) is 0 Å². The lowest BCUT2D eigenvalue weighted by Crippen LogP contribution is -2.61. The number of aliphatic hydroxyl groups is 2. The molecule has 3 aliphatic heterocycles. The molecule has 17 nitrogen and oxygen atoms in total. The van der Waals surface area contributed by atoms with Crippen LogP contribution in [0.3, 0.4) is 0 Å². The highest BCUT2D eigenvalue weighted by atomic mass is 16.7. The summed E-state index contributed by atoms with van der Waals surface area (Å²) in [7, 11) is 12.4. The first-order valence-electron chi connectivity index (χ1n) is 22.3. The number of nitrogens with zero attached hydrogens (tertiary/aromatic N) is 2. The summed E-state index contributed by atoms with van der Waals surface area (Å²) >= 11 is 0. The van der Waals surface area contributed by atoms with Crippen LogP contribution in [0.2, 0.25) is 0 Å². The third kappa shape index (κ3) is 11.3. The van der Waals surface area contributed by atoms with Gasteiger partial charge in [-0.25, -0.2) is 0 Å². The molecule has 0 spiro atoms. The minimum absolute atomic E-state index is 0.0715. The Bertz CT molecular complexity index is 1500. The Hall–Kier alpha value is -2.03. The van der Waals surface area contributed by atoms with Crippen LogP contribution in [0.1, 0.15) is 94.9 Å². The second kappa shape index (κ2) is 21.1. The molecule has 0 aromatic heterocycles. The first kappa shape index (κ1) is 52.6. The molecule has 0 aromatic carbocycles. The molecule has 62 heavy (non-hydrogen) atoms. The number of esters is 3. The quantitative estimate of drug-likeness (QED) is 0.202. The van der Waals surface area contributed by atoms with Crippen molar-refractivity contribution in [3.63, 3.8) is 0 Å². The van der Waals surface area contributed by atoms with E-state index in [0.29, 0.717) is 13.0 Å². The van der Waals surface area contributed by atoms with Crippen molar-refractivity contribution < 1.29 is 72.0 Å². The molecule has 360 valence electrons. The van der Waals surface area contributed by atoms with Crippen LogP contribution in [0.25, 0.3) is 0 Å². The van der Waals surface area contributed by atoms with Gasteiger partial charge in [-0.3, -0.25) is 14.4 Å². The van der Waals surface area contributed by atoms with E-state index in [1.54, 1.807) is 41.9 Å². The van der Waals surface area contributed by atoms with Crippen LogP contribution in [0.4, 0.5) is 0 Å². The highest BCUT2D eigenvalue weighted by Crippen LogP contribution is 2.52. The van der Waals surface area contributed by atoms with Crippen molar-refractivity contribution in [3.8, 4) is 0 Å². The van der Waals surface area contributed by atoms with Crippen LogP contribution >= 0.6 is 0 Å². The molecular weight excluding hydrogens is 808 g/mol.